The lowest BCUT2D eigenvalue weighted by Gasteiger charge is -2.25. The number of carboxylic acid groups (broad SMARTS) is 1. The Morgan fingerprint density at radius 3 is 2.62 bits per heavy atom. The van der Waals surface area contributed by atoms with Crippen LogP contribution in [0, 0.1) is 5.92 Å². The average Bonchev–Trinajstić information content (AvgIpc) is 3.01. The number of carbonyl (C=O) groups is 5. The van der Waals surface area contributed by atoms with Gasteiger partial charge in [0.1, 0.15) is 18.3 Å². The van der Waals surface area contributed by atoms with Crippen molar-refractivity contribution in [2.24, 2.45) is 5.92 Å². The molecule has 3 rings (SSSR count). The number of hydrogen-bond acceptors (Lipinski definition) is 6. The van der Waals surface area contributed by atoms with E-state index in [0.29, 0.717) is 16.3 Å². The van der Waals surface area contributed by atoms with E-state index in [1.807, 2.05) is 0 Å². The maximum atomic E-state index is 13.3. The van der Waals surface area contributed by atoms with Gasteiger partial charge in [0, 0.05) is 11.6 Å². The van der Waals surface area contributed by atoms with Gasteiger partial charge in [0.15, 0.2) is 0 Å². The maximum Gasteiger partial charge on any atom is 0.337 e. The molecule has 0 aliphatic carbocycles. The third-order valence-corrected chi connectivity index (χ3v) is 6.09. The Kier molecular flexibility index (Phi) is 9.07. The van der Waals surface area contributed by atoms with E-state index >= 15 is 0 Å². The van der Waals surface area contributed by atoms with E-state index in [1.54, 1.807) is 31.2 Å². The van der Waals surface area contributed by atoms with Gasteiger partial charge in [0.25, 0.3) is 0 Å². The largest absolute Gasteiger partial charge is 0.496 e. The van der Waals surface area contributed by atoms with Gasteiger partial charge in [0.05, 0.1) is 24.3 Å². The van der Waals surface area contributed by atoms with Crippen molar-refractivity contribution in [3.63, 3.8) is 0 Å². The molecule has 0 radical (unpaired) electrons. The van der Waals surface area contributed by atoms with Crippen molar-refractivity contribution < 1.29 is 33.8 Å². The molecule has 12 heteroatoms. The number of para-hydroxylation sites is 1. The second kappa shape index (κ2) is 12.2. The van der Waals surface area contributed by atoms with Gasteiger partial charge in [-0.25, -0.2) is 9.59 Å². The Labute approximate surface area is 218 Å². The highest BCUT2D eigenvalue weighted by atomic mass is 35.5. The van der Waals surface area contributed by atoms with Gasteiger partial charge in [0.2, 0.25) is 17.7 Å². The number of anilines is 1. The molecule has 1 fully saturated rings. The molecule has 1 aliphatic heterocycles. The Balaban J connectivity index is 1.76. The predicted octanol–water partition coefficient (Wildman–Crippen LogP) is 2.29. The minimum Gasteiger partial charge on any atom is -0.496 e. The second-order valence-corrected chi connectivity index (χ2v) is 8.77. The van der Waals surface area contributed by atoms with E-state index in [9.17, 15) is 29.1 Å². The van der Waals surface area contributed by atoms with Crippen molar-refractivity contribution in [1.82, 2.24) is 15.5 Å². The minimum atomic E-state index is -1.23. The lowest BCUT2D eigenvalue weighted by atomic mass is 9.97. The van der Waals surface area contributed by atoms with Gasteiger partial charge >= 0.3 is 12.0 Å². The summed E-state index contributed by atoms with van der Waals surface area (Å²) in [5.41, 5.74) is 0.580. The number of halogens is 1. The molecular formula is C25H27ClN4O7. The monoisotopic (exact) mass is 530 g/mol. The molecule has 0 saturated carbocycles. The lowest BCUT2D eigenvalue weighted by molar-refractivity contribution is -0.133. The van der Waals surface area contributed by atoms with Gasteiger partial charge in [-0.1, -0.05) is 30.7 Å². The Morgan fingerprint density at radius 2 is 1.95 bits per heavy atom. The van der Waals surface area contributed by atoms with E-state index in [1.165, 1.54) is 25.3 Å². The number of methoxy groups -OCH3 is 1. The van der Waals surface area contributed by atoms with E-state index < -0.39 is 48.2 Å². The SMILES string of the molecule is CC[C@@H](NC(=O)N1CC(=O)NCC(Cc2cc(Cl)ccc2OC)C1=O)C(=O)Nc1ccccc1C(=O)O. The number of carbonyl (C=O) groups excluding carboxylic acids is 4. The number of hydrogen-bond donors (Lipinski definition) is 4. The highest BCUT2D eigenvalue weighted by Crippen LogP contribution is 2.26. The van der Waals surface area contributed by atoms with E-state index in [4.69, 9.17) is 16.3 Å². The molecule has 1 unspecified atom stereocenters. The summed E-state index contributed by atoms with van der Waals surface area (Å²) < 4.78 is 5.34. The van der Waals surface area contributed by atoms with Gasteiger partial charge in [-0.05, 0) is 48.7 Å². The average molecular weight is 531 g/mol. The topological polar surface area (TPSA) is 154 Å². The molecule has 37 heavy (non-hydrogen) atoms. The summed E-state index contributed by atoms with van der Waals surface area (Å²) in [7, 11) is 1.48. The van der Waals surface area contributed by atoms with Crippen LogP contribution >= 0.6 is 11.6 Å². The molecule has 0 aromatic heterocycles. The van der Waals surface area contributed by atoms with Crippen LogP contribution in [0.4, 0.5) is 10.5 Å². The van der Waals surface area contributed by atoms with Gasteiger partial charge < -0.3 is 25.8 Å². The molecule has 1 heterocycles. The van der Waals surface area contributed by atoms with Crippen molar-refractivity contribution in [2.75, 3.05) is 25.5 Å². The summed E-state index contributed by atoms with van der Waals surface area (Å²) in [4.78, 5) is 63.7. The zero-order valence-electron chi connectivity index (χ0n) is 20.2. The fourth-order valence-electron chi connectivity index (χ4n) is 3.90. The molecular weight excluding hydrogens is 504 g/mol. The third-order valence-electron chi connectivity index (χ3n) is 5.85. The number of carboxylic acids is 1. The first-order chi connectivity index (χ1) is 17.6. The molecule has 2 atom stereocenters. The van der Waals surface area contributed by atoms with Crippen molar-refractivity contribution in [3.05, 3.63) is 58.6 Å². The zero-order chi connectivity index (χ0) is 27.1. The van der Waals surface area contributed by atoms with Crippen LogP contribution in [0.3, 0.4) is 0 Å². The number of benzene rings is 2. The standard InChI is InChI=1S/C25H27ClN4O7/c1-3-18(22(32)28-19-7-5-4-6-17(19)24(34)35)29-25(36)30-13-21(31)27-12-15(23(30)33)10-14-11-16(26)8-9-20(14)37-2/h4-9,11,15,18H,3,10,12-13H2,1-2H3,(H,27,31)(H,28,32)(H,29,36)(H,34,35)/t15?,18-/m1/s1. The molecule has 4 N–H and O–H groups in total. The fourth-order valence-corrected chi connectivity index (χ4v) is 4.10. The number of aromatic carboxylic acids is 1. The smallest absolute Gasteiger partial charge is 0.337 e. The predicted molar refractivity (Wildman–Crippen MR) is 135 cm³/mol. The van der Waals surface area contributed by atoms with Gasteiger partial charge in [-0.2, -0.15) is 0 Å². The van der Waals surface area contributed by atoms with Gasteiger partial charge in [-0.3, -0.25) is 19.3 Å². The van der Waals surface area contributed by atoms with Crippen molar-refractivity contribution in [1.29, 1.82) is 0 Å². The Morgan fingerprint density at radius 1 is 1.22 bits per heavy atom. The molecule has 2 aromatic carbocycles. The summed E-state index contributed by atoms with van der Waals surface area (Å²) in [5, 5.41) is 17.4. The lowest BCUT2D eigenvalue weighted by Crippen LogP contribution is -2.53. The van der Waals surface area contributed by atoms with Crippen molar-refractivity contribution in [3.8, 4) is 5.75 Å². The molecule has 2 aromatic rings. The molecule has 0 bridgehead atoms. The molecule has 5 amide bonds. The Hall–Kier alpha value is -4.12. The van der Waals surface area contributed by atoms with Gasteiger partial charge in [-0.15, -0.1) is 0 Å². The molecule has 1 aliphatic rings. The van der Waals surface area contributed by atoms with Crippen LogP contribution < -0.4 is 20.7 Å². The highest BCUT2D eigenvalue weighted by molar-refractivity contribution is 6.30. The first kappa shape index (κ1) is 27.5. The number of urea groups is 1. The summed E-state index contributed by atoms with van der Waals surface area (Å²) in [6, 6.07) is 8.78. The molecule has 196 valence electrons. The van der Waals surface area contributed by atoms with Crippen LogP contribution in [0.25, 0.3) is 0 Å². The number of ether oxygens (including phenoxy) is 1. The van der Waals surface area contributed by atoms with Crippen LogP contribution in [-0.2, 0) is 20.8 Å². The second-order valence-electron chi connectivity index (χ2n) is 8.34. The number of imide groups is 1. The van der Waals surface area contributed by atoms with E-state index in [-0.39, 0.29) is 30.6 Å². The number of nitrogens with one attached hydrogen (secondary N) is 3. The first-order valence-electron chi connectivity index (χ1n) is 11.5. The fraction of sp³-hybridized carbons (Fsp3) is 0.320. The molecule has 1 saturated heterocycles. The number of amides is 5. The van der Waals surface area contributed by atoms with Crippen LogP contribution in [0.1, 0.15) is 29.3 Å². The number of nitrogens with zero attached hydrogens (tertiary/aromatic N) is 1. The summed E-state index contributed by atoms with van der Waals surface area (Å²) in [5.74, 6) is -3.32. The number of rotatable bonds is 8. The van der Waals surface area contributed by atoms with E-state index in [0.717, 1.165) is 4.90 Å². The summed E-state index contributed by atoms with van der Waals surface area (Å²) in [6.07, 6.45) is 0.292. The van der Waals surface area contributed by atoms with Crippen molar-refractivity contribution >= 4 is 47.0 Å². The quantitative estimate of drug-likeness (QED) is 0.408. The maximum absolute atomic E-state index is 13.3. The molecule has 11 nitrogen and oxygen atoms in total. The van der Waals surface area contributed by atoms with Crippen LogP contribution in [0.15, 0.2) is 42.5 Å². The Bertz CT molecular complexity index is 1220. The summed E-state index contributed by atoms with van der Waals surface area (Å²) >= 11 is 6.10. The van der Waals surface area contributed by atoms with Crippen LogP contribution in [0.2, 0.25) is 5.02 Å². The zero-order valence-corrected chi connectivity index (χ0v) is 21.0. The first-order valence-corrected chi connectivity index (χ1v) is 11.9. The normalized spacial score (nSPS) is 16.3. The van der Waals surface area contributed by atoms with Crippen molar-refractivity contribution in [2.45, 2.75) is 25.8 Å². The summed E-state index contributed by atoms with van der Waals surface area (Å²) in [6.45, 7) is 1.12. The molecule has 0 spiro atoms. The van der Waals surface area contributed by atoms with Crippen LogP contribution in [-0.4, -0.2) is 66.0 Å². The third kappa shape index (κ3) is 6.76. The minimum absolute atomic E-state index is 0.000773. The highest BCUT2D eigenvalue weighted by Gasteiger charge is 2.35. The van der Waals surface area contributed by atoms with E-state index in [2.05, 4.69) is 16.0 Å². The van der Waals surface area contributed by atoms with Crippen LogP contribution in [0.5, 0.6) is 5.75 Å².